The van der Waals surface area contributed by atoms with Gasteiger partial charge in [-0.1, -0.05) is 34.8 Å². The number of hydrogen-bond donors (Lipinski definition) is 1. The lowest BCUT2D eigenvalue weighted by atomic mass is 10.0. The van der Waals surface area contributed by atoms with Gasteiger partial charge in [-0.3, -0.25) is 9.69 Å². The van der Waals surface area contributed by atoms with Crippen LogP contribution in [-0.4, -0.2) is 28.6 Å². The van der Waals surface area contributed by atoms with Gasteiger partial charge in [0, 0.05) is 16.1 Å². The molecule has 1 saturated heterocycles. The molecule has 2 atom stereocenters. The molecule has 110 valence electrons. The molecule has 2 rings (SSSR count). The van der Waals surface area contributed by atoms with Crippen LogP contribution in [0.3, 0.4) is 0 Å². The zero-order valence-electron chi connectivity index (χ0n) is 11.5. The van der Waals surface area contributed by atoms with Crippen molar-refractivity contribution in [3.63, 3.8) is 0 Å². The molecule has 5 heteroatoms. The van der Waals surface area contributed by atoms with Crippen LogP contribution in [0.15, 0.2) is 22.7 Å². The number of aliphatic carboxylic acids is 1. The molecule has 0 saturated carbocycles. The van der Waals surface area contributed by atoms with Crippen molar-refractivity contribution < 1.29 is 14.3 Å². The van der Waals surface area contributed by atoms with Gasteiger partial charge in [0.1, 0.15) is 11.9 Å². The summed E-state index contributed by atoms with van der Waals surface area (Å²) in [4.78, 5) is 13.4. The number of rotatable bonds is 3. The first-order chi connectivity index (χ1) is 9.50. The van der Waals surface area contributed by atoms with Crippen LogP contribution in [0, 0.1) is 5.82 Å². The molecule has 20 heavy (non-hydrogen) atoms. The van der Waals surface area contributed by atoms with E-state index >= 15 is 0 Å². The molecule has 3 nitrogen and oxygen atoms in total. The lowest BCUT2D eigenvalue weighted by molar-refractivity contribution is -0.144. The molecule has 2 unspecified atom stereocenters. The van der Waals surface area contributed by atoms with E-state index in [9.17, 15) is 14.3 Å². The zero-order chi connectivity index (χ0) is 14.7. The predicted molar refractivity (Wildman–Crippen MR) is 79.1 cm³/mol. The largest absolute Gasteiger partial charge is 0.480 e. The van der Waals surface area contributed by atoms with Crippen molar-refractivity contribution in [2.45, 2.75) is 44.7 Å². The number of carboxylic acids is 1. The SMILES string of the molecule is CC(c1ccc(Br)cc1F)N1CCCCCC1C(=O)O. The van der Waals surface area contributed by atoms with Crippen LogP contribution in [-0.2, 0) is 4.79 Å². The second-order valence-electron chi connectivity index (χ2n) is 5.28. The maximum Gasteiger partial charge on any atom is 0.320 e. The fourth-order valence-corrected chi connectivity index (χ4v) is 3.21. The number of likely N-dealkylation sites (tertiary alicyclic amines) is 1. The van der Waals surface area contributed by atoms with Gasteiger partial charge in [-0.25, -0.2) is 4.39 Å². The van der Waals surface area contributed by atoms with Crippen molar-refractivity contribution in [2.75, 3.05) is 6.54 Å². The monoisotopic (exact) mass is 343 g/mol. The molecule has 1 N–H and O–H groups in total. The summed E-state index contributed by atoms with van der Waals surface area (Å²) in [5.74, 6) is -1.10. The van der Waals surface area contributed by atoms with Crippen LogP contribution >= 0.6 is 15.9 Å². The quantitative estimate of drug-likeness (QED) is 0.902. The minimum absolute atomic E-state index is 0.234. The van der Waals surface area contributed by atoms with E-state index in [1.807, 2.05) is 11.8 Å². The standard InChI is InChI=1S/C15H19BrFNO2/c1-10(12-7-6-11(16)9-13(12)17)18-8-4-2-3-5-14(18)15(19)20/h6-7,9-10,14H,2-5,8H2,1H3,(H,19,20). The van der Waals surface area contributed by atoms with E-state index in [2.05, 4.69) is 15.9 Å². The highest BCUT2D eigenvalue weighted by Crippen LogP contribution is 2.30. The molecule has 0 radical (unpaired) electrons. The Morgan fingerprint density at radius 2 is 2.20 bits per heavy atom. The summed E-state index contributed by atoms with van der Waals surface area (Å²) in [6, 6.07) is 4.20. The molecule has 0 aliphatic carbocycles. The highest BCUT2D eigenvalue weighted by Gasteiger charge is 2.31. The molecule has 0 spiro atoms. The Morgan fingerprint density at radius 1 is 1.45 bits per heavy atom. The van der Waals surface area contributed by atoms with E-state index in [-0.39, 0.29) is 11.9 Å². The third kappa shape index (κ3) is 3.38. The molecule has 0 bridgehead atoms. The molecule has 1 fully saturated rings. The smallest absolute Gasteiger partial charge is 0.320 e. The van der Waals surface area contributed by atoms with E-state index < -0.39 is 12.0 Å². The number of carboxylic acid groups (broad SMARTS) is 1. The summed E-state index contributed by atoms with van der Waals surface area (Å²) in [5.41, 5.74) is 0.557. The van der Waals surface area contributed by atoms with Gasteiger partial charge in [-0.15, -0.1) is 0 Å². The number of carbonyl (C=O) groups is 1. The molecule has 0 aromatic heterocycles. The summed E-state index contributed by atoms with van der Waals surface area (Å²) in [6.07, 6.45) is 3.56. The van der Waals surface area contributed by atoms with E-state index in [1.165, 1.54) is 6.07 Å². The molecule has 0 amide bonds. The lowest BCUT2D eigenvalue weighted by Crippen LogP contribution is -2.42. The molecular formula is C15H19BrFNO2. The lowest BCUT2D eigenvalue weighted by Gasteiger charge is -2.33. The summed E-state index contributed by atoms with van der Waals surface area (Å²) < 4.78 is 14.8. The molecule has 1 aromatic rings. The van der Waals surface area contributed by atoms with Crippen molar-refractivity contribution in [3.05, 3.63) is 34.1 Å². The average molecular weight is 344 g/mol. The predicted octanol–water partition coefficient (Wildman–Crippen LogP) is 3.98. The molecular weight excluding hydrogens is 325 g/mol. The summed E-state index contributed by atoms with van der Waals surface area (Å²) in [6.45, 7) is 2.58. The maximum atomic E-state index is 14.1. The second-order valence-corrected chi connectivity index (χ2v) is 6.20. The molecule has 1 heterocycles. The van der Waals surface area contributed by atoms with Crippen LogP contribution in [0.1, 0.15) is 44.2 Å². The minimum atomic E-state index is -0.809. The van der Waals surface area contributed by atoms with Crippen LogP contribution in [0.25, 0.3) is 0 Å². The van der Waals surface area contributed by atoms with Gasteiger partial charge in [0.25, 0.3) is 0 Å². The number of hydrogen-bond acceptors (Lipinski definition) is 2. The van der Waals surface area contributed by atoms with Crippen molar-refractivity contribution in [1.29, 1.82) is 0 Å². The van der Waals surface area contributed by atoms with Gasteiger partial charge in [-0.2, -0.15) is 0 Å². The number of halogens is 2. The number of nitrogens with zero attached hydrogens (tertiary/aromatic N) is 1. The topological polar surface area (TPSA) is 40.5 Å². The second kappa shape index (κ2) is 6.68. The third-order valence-electron chi connectivity index (χ3n) is 3.99. The van der Waals surface area contributed by atoms with E-state index in [0.29, 0.717) is 23.0 Å². The minimum Gasteiger partial charge on any atom is -0.480 e. The highest BCUT2D eigenvalue weighted by molar-refractivity contribution is 9.10. The first-order valence-electron chi connectivity index (χ1n) is 6.94. The van der Waals surface area contributed by atoms with Gasteiger partial charge < -0.3 is 5.11 Å². The van der Waals surface area contributed by atoms with Gasteiger partial charge in [0.15, 0.2) is 0 Å². The van der Waals surface area contributed by atoms with E-state index in [4.69, 9.17) is 0 Å². The Kier molecular flexibility index (Phi) is 5.16. The van der Waals surface area contributed by atoms with Crippen molar-refractivity contribution in [2.24, 2.45) is 0 Å². The average Bonchev–Trinajstić information content (AvgIpc) is 2.63. The fourth-order valence-electron chi connectivity index (χ4n) is 2.88. The van der Waals surface area contributed by atoms with Crippen molar-refractivity contribution in [1.82, 2.24) is 4.90 Å². The van der Waals surface area contributed by atoms with E-state index in [0.717, 1.165) is 19.3 Å². The van der Waals surface area contributed by atoms with Crippen LogP contribution < -0.4 is 0 Å². The summed E-state index contributed by atoms with van der Waals surface area (Å²) >= 11 is 3.24. The van der Waals surface area contributed by atoms with Crippen LogP contribution in [0.2, 0.25) is 0 Å². The van der Waals surface area contributed by atoms with Gasteiger partial charge >= 0.3 is 5.97 Å². The molecule has 1 aliphatic rings. The fraction of sp³-hybridized carbons (Fsp3) is 0.533. The van der Waals surface area contributed by atoms with Gasteiger partial charge in [0.05, 0.1) is 0 Å². The Bertz CT molecular complexity index is 495. The first kappa shape index (κ1) is 15.4. The van der Waals surface area contributed by atoms with E-state index in [1.54, 1.807) is 12.1 Å². The van der Waals surface area contributed by atoms with Gasteiger partial charge in [-0.05, 0) is 38.4 Å². The third-order valence-corrected chi connectivity index (χ3v) is 4.48. The Hall–Kier alpha value is -0.940. The Balaban J connectivity index is 2.28. The summed E-state index contributed by atoms with van der Waals surface area (Å²) in [7, 11) is 0. The number of benzene rings is 1. The van der Waals surface area contributed by atoms with Crippen molar-refractivity contribution >= 4 is 21.9 Å². The first-order valence-corrected chi connectivity index (χ1v) is 7.73. The van der Waals surface area contributed by atoms with Crippen LogP contribution in [0.4, 0.5) is 4.39 Å². The van der Waals surface area contributed by atoms with Gasteiger partial charge in [0.2, 0.25) is 0 Å². The normalized spacial score (nSPS) is 22.2. The zero-order valence-corrected chi connectivity index (χ0v) is 13.1. The highest BCUT2D eigenvalue weighted by atomic mass is 79.9. The Morgan fingerprint density at radius 3 is 2.85 bits per heavy atom. The van der Waals surface area contributed by atoms with Crippen LogP contribution in [0.5, 0.6) is 0 Å². The maximum absolute atomic E-state index is 14.1. The Labute approximate surface area is 126 Å². The van der Waals surface area contributed by atoms with Crippen molar-refractivity contribution in [3.8, 4) is 0 Å². The summed E-state index contributed by atoms with van der Waals surface area (Å²) in [5, 5.41) is 9.40. The molecule has 1 aliphatic heterocycles. The molecule has 1 aromatic carbocycles.